The first-order chi connectivity index (χ1) is 6.02. The van der Waals surface area contributed by atoms with Crippen LogP contribution in [0.5, 0.6) is 0 Å². The fraction of sp³-hybridized carbons (Fsp3) is 0.667. The van der Waals surface area contributed by atoms with Gasteiger partial charge in [-0.25, -0.2) is 0 Å². The summed E-state index contributed by atoms with van der Waals surface area (Å²) in [5.74, 6) is 0.762. The first-order valence-electron chi connectivity index (χ1n) is 5.11. The number of rotatable bonds is 3. The molecule has 1 aliphatic rings. The maximum absolute atomic E-state index is 3.85. The van der Waals surface area contributed by atoms with Crippen molar-refractivity contribution in [2.75, 3.05) is 6.54 Å². The van der Waals surface area contributed by atoms with Crippen molar-refractivity contribution in [3.8, 4) is 0 Å². The maximum Gasteiger partial charge on any atom is 0.0232 e. The lowest BCUT2D eigenvalue weighted by Gasteiger charge is -2.31. The Morgan fingerprint density at radius 1 is 1.69 bits per heavy atom. The monoisotopic (exact) mass is 179 g/mol. The lowest BCUT2D eigenvalue weighted by molar-refractivity contribution is 0.328. The summed E-state index contributed by atoms with van der Waals surface area (Å²) in [6.07, 6.45) is 7.29. The quantitative estimate of drug-likeness (QED) is 0.656. The van der Waals surface area contributed by atoms with E-state index in [0.29, 0.717) is 5.41 Å². The highest BCUT2D eigenvalue weighted by atomic mass is 14.9. The summed E-state index contributed by atoms with van der Waals surface area (Å²) in [5, 5.41) is 3.32. The van der Waals surface area contributed by atoms with Gasteiger partial charge in [0.1, 0.15) is 0 Å². The van der Waals surface area contributed by atoms with E-state index < -0.39 is 0 Å². The molecule has 0 bridgehead atoms. The van der Waals surface area contributed by atoms with Crippen LogP contribution in [-0.2, 0) is 0 Å². The van der Waals surface area contributed by atoms with Crippen molar-refractivity contribution in [2.24, 2.45) is 11.3 Å². The van der Waals surface area contributed by atoms with Crippen LogP contribution in [0.2, 0.25) is 0 Å². The topological polar surface area (TPSA) is 12.0 Å². The van der Waals surface area contributed by atoms with Gasteiger partial charge in [0.15, 0.2) is 0 Å². The van der Waals surface area contributed by atoms with E-state index in [9.17, 15) is 0 Å². The molecule has 0 fully saturated rings. The summed E-state index contributed by atoms with van der Waals surface area (Å²) in [6.45, 7) is 11.5. The summed E-state index contributed by atoms with van der Waals surface area (Å²) >= 11 is 0. The van der Waals surface area contributed by atoms with Gasteiger partial charge in [0.25, 0.3) is 0 Å². The van der Waals surface area contributed by atoms with Gasteiger partial charge in [0.2, 0.25) is 0 Å². The second kappa shape index (κ2) is 3.99. The van der Waals surface area contributed by atoms with E-state index in [4.69, 9.17) is 0 Å². The van der Waals surface area contributed by atoms with E-state index in [-0.39, 0.29) is 0 Å². The predicted octanol–water partition coefficient (Wildman–Crippen LogP) is 3.10. The second-order valence-electron chi connectivity index (χ2n) is 4.66. The van der Waals surface area contributed by atoms with Gasteiger partial charge < -0.3 is 5.32 Å². The number of hydrogen-bond acceptors (Lipinski definition) is 1. The summed E-state index contributed by atoms with van der Waals surface area (Å²) in [4.78, 5) is 0. The van der Waals surface area contributed by atoms with E-state index in [0.717, 1.165) is 18.2 Å². The van der Waals surface area contributed by atoms with Crippen molar-refractivity contribution < 1.29 is 0 Å². The average molecular weight is 179 g/mol. The normalized spacial score (nSPS) is 33.0. The zero-order chi connectivity index (χ0) is 9.90. The molecule has 0 aromatic carbocycles. The second-order valence-corrected chi connectivity index (χ2v) is 4.66. The van der Waals surface area contributed by atoms with Crippen molar-refractivity contribution in [3.05, 3.63) is 24.4 Å². The molecule has 0 heterocycles. The molecule has 13 heavy (non-hydrogen) atoms. The molecule has 0 radical (unpaired) electrons. The van der Waals surface area contributed by atoms with Gasteiger partial charge in [0, 0.05) is 17.7 Å². The minimum Gasteiger partial charge on any atom is -0.388 e. The molecular formula is C12H21N. The Bertz CT molecular complexity index is 217. The van der Waals surface area contributed by atoms with Gasteiger partial charge in [0.05, 0.1) is 0 Å². The molecule has 1 unspecified atom stereocenters. The number of allylic oxidation sites excluding steroid dienone is 2. The molecule has 1 nitrogen and oxygen atoms in total. The Kier molecular flexibility index (Phi) is 3.18. The van der Waals surface area contributed by atoms with Gasteiger partial charge >= 0.3 is 0 Å². The van der Waals surface area contributed by atoms with Crippen LogP contribution in [0.3, 0.4) is 0 Å². The van der Waals surface area contributed by atoms with Gasteiger partial charge in [-0.15, -0.1) is 0 Å². The van der Waals surface area contributed by atoms with Crippen LogP contribution in [0.25, 0.3) is 0 Å². The fourth-order valence-corrected chi connectivity index (χ4v) is 1.63. The summed E-state index contributed by atoms with van der Waals surface area (Å²) in [7, 11) is 0. The molecule has 2 atom stereocenters. The zero-order valence-corrected chi connectivity index (χ0v) is 9.06. The van der Waals surface area contributed by atoms with E-state index in [1.54, 1.807) is 0 Å². The molecule has 0 amide bonds. The van der Waals surface area contributed by atoms with Crippen LogP contribution < -0.4 is 5.32 Å². The number of nitrogens with one attached hydrogen (secondary N) is 1. The van der Waals surface area contributed by atoms with Gasteiger partial charge in [-0.05, 0) is 25.7 Å². The molecule has 0 aromatic rings. The van der Waals surface area contributed by atoms with Crippen LogP contribution in [0.15, 0.2) is 24.4 Å². The number of hydrogen-bond donors (Lipinski definition) is 1. The van der Waals surface area contributed by atoms with E-state index in [2.05, 4.69) is 37.9 Å². The Labute approximate surface area is 81.9 Å². The molecule has 0 aliphatic heterocycles. The van der Waals surface area contributed by atoms with Crippen LogP contribution in [0.1, 0.15) is 33.6 Å². The summed E-state index contributed by atoms with van der Waals surface area (Å²) in [5.41, 5.74) is 1.40. The molecule has 1 rings (SSSR count). The Balaban J connectivity index is 2.47. The van der Waals surface area contributed by atoms with Gasteiger partial charge in [-0.1, -0.05) is 32.6 Å². The van der Waals surface area contributed by atoms with Crippen molar-refractivity contribution in [3.63, 3.8) is 0 Å². The highest BCUT2D eigenvalue weighted by molar-refractivity contribution is 5.06. The third kappa shape index (κ3) is 3.25. The fourth-order valence-electron chi connectivity index (χ4n) is 1.63. The molecule has 1 N–H and O–H groups in total. The molecule has 1 heteroatoms. The zero-order valence-electron chi connectivity index (χ0n) is 9.06. The third-order valence-electron chi connectivity index (χ3n) is 2.79. The minimum atomic E-state index is 0.339. The molecular weight excluding hydrogens is 158 g/mol. The highest BCUT2D eigenvalue weighted by Crippen LogP contribution is 2.32. The van der Waals surface area contributed by atoms with Crippen LogP contribution in [-0.4, -0.2) is 6.54 Å². The van der Waals surface area contributed by atoms with Gasteiger partial charge in [-0.3, -0.25) is 0 Å². The van der Waals surface area contributed by atoms with Crippen molar-refractivity contribution >= 4 is 0 Å². The molecule has 0 spiro atoms. The SMILES string of the molecule is C=C(C)NC[C@]1(C)C=CC(C)CC1. The van der Waals surface area contributed by atoms with Crippen molar-refractivity contribution in [2.45, 2.75) is 33.6 Å². The third-order valence-corrected chi connectivity index (χ3v) is 2.79. The predicted molar refractivity (Wildman–Crippen MR) is 58.5 cm³/mol. The lowest BCUT2D eigenvalue weighted by Crippen LogP contribution is -2.31. The molecule has 0 aromatic heterocycles. The van der Waals surface area contributed by atoms with Crippen LogP contribution in [0, 0.1) is 11.3 Å². The average Bonchev–Trinajstić information content (AvgIpc) is 2.08. The Hall–Kier alpha value is -0.720. The van der Waals surface area contributed by atoms with E-state index in [1.807, 2.05) is 6.92 Å². The van der Waals surface area contributed by atoms with E-state index >= 15 is 0 Å². The molecule has 0 saturated heterocycles. The lowest BCUT2D eigenvalue weighted by atomic mass is 9.78. The van der Waals surface area contributed by atoms with Crippen molar-refractivity contribution in [1.82, 2.24) is 5.32 Å². The molecule has 74 valence electrons. The van der Waals surface area contributed by atoms with E-state index in [1.165, 1.54) is 12.8 Å². The maximum atomic E-state index is 3.85. The van der Waals surface area contributed by atoms with Crippen LogP contribution >= 0.6 is 0 Å². The Morgan fingerprint density at radius 2 is 2.38 bits per heavy atom. The van der Waals surface area contributed by atoms with Gasteiger partial charge in [-0.2, -0.15) is 0 Å². The minimum absolute atomic E-state index is 0.339. The molecule has 0 saturated carbocycles. The van der Waals surface area contributed by atoms with Crippen molar-refractivity contribution in [1.29, 1.82) is 0 Å². The summed E-state index contributed by atoms with van der Waals surface area (Å²) < 4.78 is 0. The standard InChI is InChI=1S/C12H21N/c1-10(2)13-9-12(4)7-5-11(3)6-8-12/h5,7,11,13H,1,6,8-9H2,2-4H3/t11?,12-/m1/s1. The Morgan fingerprint density at radius 3 is 2.85 bits per heavy atom. The highest BCUT2D eigenvalue weighted by Gasteiger charge is 2.24. The first kappa shape index (κ1) is 10.4. The molecule has 1 aliphatic carbocycles. The largest absolute Gasteiger partial charge is 0.388 e. The van der Waals surface area contributed by atoms with Crippen LogP contribution in [0.4, 0.5) is 0 Å². The summed E-state index contributed by atoms with van der Waals surface area (Å²) in [6, 6.07) is 0. The first-order valence-corrected chi connectivity index (χ1v) is 5.11. The smallest absolute Gasteiger partial charge is 0.0232 e.